The van der Waals surface area contributed by atoms with E-state index in [1.165, 1.54) is 0 Å². The number of nitrogens with one attached hydrogen (secondary N) is 2. The van der Waals surface area contributed by atoms with E-state index in [0.29, 0.717) is 19.7 Å². The average Bonchev–Trinajstić information content (AvgIpc) is 2.42. The van der Waals surface area contributed by atoms with Gasteiger partial charge in [-0.2, -0.15) is 0 Å². The van der Waals surface area contributed by atoms with Gasteiger partial charge in [0, 0.05) is 38.9 Å². The molecule has 8 nitrogen and oxygen atoms in total. The van der Waals surface area contributed by atoms with Crippen LogP contribution in [0.2, 0.25) is 5.02 Å². The Hall–Kier alpha value is -1.26. The predicted octanol–water partition coefficient (Wildman–Crippen LogP) is 0.763. The highest BCUT2D eigenvalue weighted by atomic mass is 35.5. The second-order valence-corrected chi connectivity index (χ2v) is 6.15. The lowest BCUT2D eigenvalue weighted by atomic mass is 10.3. The summed E-state index contributed by atoms with van der Waals surface area (Å²) in [4.78, 5) is 9.74. The number of nitro benzene ring substituents is 1. The molecule has 0 unspecified atom stereocenters. The second kappa shape index (κ2) is 8.25. The van der Waals surface area contributed by atoms with Crippen LogP contribution in [0.25, 0.3) is 0 Å². The van der Waals surface area contributed by atoms with Gasteiger partial charge in [-0.25, -0.2) is 13.1 Å². The van der Waals surface area contributed by atoms with Crippen LogP contribution in [0.4, 0.5) is 5.69 Å². The number of hydrogen-bond acceptors (Lipinski definition) is 6. The molecule has 0 aliphatic carbocycles. The van der Waals surface area contributed by atoms with E-state index in [1.807, 2.05) is 0 Å². The lowest BCUT2D eigenvalue weighted by molar-refractivity contribution is -0.384. The topological polar surface area (TPSA) is 111 Å². The van der Waals surface area contributed by atoms with Crippen LogP contribution in [0.5, 0.6) is 0 Å². The van der Waals surface area contributed by atoms with Gasteiger partial charge < -0.3 is 10.1 Å². The standard InChI is InChI=1S/C11H16ClN3O5S/c1-20-7-6-13-4-5-14-21(18,19)11-3-2-9(15(16)17)8-10(11)12/h2-3,8,13-14H,4-7H2,1H3. The van der Waals surface area contributed by atoms with Gasteiger partial charge in [0.25, 0.3) is 5.69 Å². The number of benzene rings is 1. The molecule has 10 heteroatoms. The summed E-state index contributed by atoms with van der Waals surface area (Å²) in [6.45, 7) is 1.73. The average molecular weight is 338 g/mol. The molecule has 0 saturated heterocycles. The first-order chi connectivity index (χ1) is 9.88. The number of methoxy groups -OCH3 is 1. The summed E-state index contributed by atoms with van der Waals surface area (Å²) in [5.41, 5.74) is -0.264. The van der Waals surface area contributed by atoms with E-state index in [4.69, 9.17) is 16.3 Å². The SMILES string of the molecule is COCCNCCNS(=O)(=O)c1ccc([N+](=O)[O-])cc1Cl. The van der Waals surface area contributed by atoms with Crippen molar-refractivity contribution < 1.29 is 18.1 Å². The van der Waals surface area contributed by atoms with Gasteiger partial charge in [-0.05, 0) is 6.07 Å². The molecule has 1 rings (SSSR count). The Kier molecular flexibility index (Phi) is 6.99. The third kappa shape index (κ3) is 5.56. The van der Waals surface area contributed by atoms with Crippen molar-refractivity contribution in [3.8, 4) is 0 Å². The van der Waals surface area contributed by atoms with Gasteiger partial charge in [-0.3, -0.25) is 10.1 Å². The van der Waals surface area contributed by atoms with Crippen molar-refractivity contribution in [2.24, 2.45) is 0 Å². The van der Waals surface area contributed by atoms with E-state index in [1.54, 1.807) is 7.11 Å². The van der Waals surface area contributed by atoms with Crippen LogP contribution >= 0.6 is 11.6 Å². The number of hydrogen-bond donors (Lipinski definition) is 2. The van der Waals surface area contributed by atoms with E-state index in [9.17, 15) is 18.5 Å². The first-order valence-corrected chi connectivity index (χ1v) is 7.88. The Morgan fingerprint density at radius 1 is 1.33 bits per heavy atom. The third-order valence-corrected chi connectivity index (χ3v) is 4.44. The highest BCUT2D eigenvalue weighted by Crippen LogP contribution is 2.25. The zero-order valence-corrected chi connectivity index (χ0v) is 12.9. The molecule has 0 spiro atoms. The Labute approximate surface area is 127 Å². The molecule has 21 heavy (non-hydrogen) atoms. The highest BCUT2D eigenvalue weighted by Gasteiger charge is 2.19. The van der Waals surface area contributed by atoms with Crippen LogP contribution in [0.3, 0.4) is 0 Å². The van der Waals surface area contributed by atoms with Gasteiger partial charge in [0.05, 0.1) is 16.6 Å². The van der Waals surface area contributed by atoms with E-state index < -0.39 is 14.9 Å². The highest BCUT2D eigenvalue weighted by molar-refractivity contribution is 7.89. The molecule has 0 saturated carbocycles. The van der Waals surface area contributed by atoms with Gasteiger partial charge in [-0.15, -0.1) is 0 Å². The van der Waals surface area contributed by atoms with Crippen molar-refractivity contribution in [1.82, 2.24) is 10.0 Å². The fourth-order valence-corrected chi connectivity index (χ4v) is 3.04. The lowest BCUT2D eigenvalue weighted by Gasteiger charge is -2.09. The van der Waals surface area contributed by atoms with Gasteiger partial charge >= 0.3 is 0 Å². The van der Waals surface area contributed by atoms with E-state index in [0.717, 1.165) is 18.2 Å². The van der Waals surface area contributed by atoms with E-state index >= 15 is 0 Å². The Bertz CT molecular complexity index is 594. The Balaban J connectivity index is 2.64. The van der Waals surface area contributed by atoms with E-state index in [2.05, 4.69) is 10.0 Å². The summed E-state index contributed by atoms with van der Waals surface area (Å²) in [5, 5.41) is 13.4. The van der Waals surface area contributed by atoms with Crippen molar-refractivity contribution in [1.29, 1.82) is 0 Å². The molecule has 0 amide bonds. The molecule has 0 bridgehead atoms. The van der Waals surface area contributed by atoms with Gasteiger partial charge in [0.2, 0.25) is 10.0 Å². The van der Waals surface area contributed by atoms with Crippen LogP contribution in [-0.4, -0.2) is 46.7 Å². The molecule has 0 atom stereocenters. The summed E-state index contributed by atoms with van der Waals surface area (Å²) >= 11 is 5.78. The van der Waals surface area contributed by atoms with Crippen LogP contribution in [0, 0.1) is 10.1 Å². The Morgan fingerprint density at radius 2 is 2.05 bits per heavy atom. The summed E-state index contributed by atoms with van der Waals surface area (Å²) in [6.07, 6.45) is 0. The van der Waals surface area contributed by atoms with Crippen LogP contribution in [-0.2, 0) is 14.8 Å². The molecule has 0 aliphatic rings. The third-order valence-electron chi connectivity index (χ3n) is 2.49. The molecular formula is C11H16ClN3O5S. The monoisotopic (exact) mass is 337 g/mol. The zero-order chi connectivity index (χ0) is 15.9. The van der Waals surface area contributed by atoms with E-state index in [-0.39, 0.29) is 22.2 Å². The number of nitrogens with zero attached hydrogens (tertiary/aromatic N) is 1. The normalized spacial score (nSPS) is 11.5. The zero-order valence-electron chi connectivity index (χ0n) is 11.3. The molecule has 0 aliphatic heterocycles. The molecule has 0 aromatic heterocycles. The van der Waals surface area contributed by atoms with Crippen molar-refractivity contribution in [3.05, 3.63) is 33.3 Å². The van der Waals surface area contributed by atoms with Gasteiger partial charge in [0.1, 0.15) is 4.90 Å². The lowest BCUT2D eigenvalue weighted by Crippen LogP contribution is -2.33. The quantitative estimate of drug-likeness (QED) is 0.391. The fourth-order valence-electron chi connectivity index (χ4n) is 1.47. The fraction of sp³-hybridized carbons (Fsp3) is 0.455. The number of sulfonamides is 1. The maximum Gasteiger partial charge on any atom is 0.271 e. The summed E-state index contributed by atoms with van der Waals surface area (Å²) in [6, 6.07) is 3.21. The molecule has 1 aromatic carbocycles. The second-order valence-electron chi connectivity index (χ2n) is 4.01. The molecule has 0 heterocycles. The largest absolute Gasteiger partial charge is 0.383 e. The first kappa shape index (κ1) is 17.8. The van der Waals surface area contributed by atoms with Crippen LogP contribution in [0.1, 0.15) is 0 Å². The molecule has 118 valence electrons. The number of rotatable bonds is 9. The molecule has 1 aromatic rings. The van der Waals surface area contributed by atoms with Crippen molar-refractivity contribution in [2.45, 2.75) is 4.90 Å². The molecule has 0 fully saturated rings. The predicted molar refractivity (Wildman–Crippen MR) is 78.0 cm³/mol. The smallest absolute Gasteiger partial charge is 0.271 e. The van der Waals surface area contributed by atoms with Crippen molar-refractivity contribution >= 4 is 27.3 Å². The maximum atomic E-state index is 12.0. The van der Waals surface area contributed by atoms with Crippen molar-refractivity contribution in [2.75, 3.05) is 33.4 Å². The summed E-state index contributed by atoms with van der Waals surface area (Å²) in [5.74, 6) is 0. The van der Waals surface area contributed by atoms with Gasteiger partial charge in [0.15, 0.2) is 0 Å². The van der Waals surface area contributed by atoms with Crippen LogP contribution < -0.4 is 10.0 Å². The molecular weight excluding hydrogens is 322 g/mol. The minimum Gasteiger partial charge on any atom is -0.383 e. The van der Waals surface area contributed by atoms with Crippen LogP contribution in [0.15, 0.2) is 23.1 Å². The minimum atomic E-state index is -3.80. The number of non-ortho nitro benzene ring substituents is 1. The first-order valence-electron chi connectivity index (χ1n) is 6.01. The van der Waals surface area contributed by atoms with Gasteiger partial charge in [-0.1, -0.05) is 11.6 Å². The number of halogens is 1. The molecule has 2 N–H and O–H groups in total. The Morgan fingerprint density at radius 3 is 2.62 bits per heavy atom. The summed E-state index contributed by atoms with van der Waals surface area (Å²) in [7, 11) is -2.23. The maximum absolute atomic E-state index is 12.0. The van der Waals surface area contributed by atoms with Crippen molar-refractivity contribution in [3.63, 3.8) is 0 Å². The minimum absolute atomic E-state index is 0.166. The molecule has 0 radical (unpaired) electrons. The number of nitro groups is 1. The summed E-state index contributed by atoms with van der Waals surface area (Å²) < 4.78 is 31.2. The number of ether oxygens (including phenoxy) is 1.